The van der Waals surface area contributed by atoms with Gasteiger partial charge in [0.05, 0.1) is 42.7 Å². The van der Waals surface area contributed by atoms with Crippen molar-refractivity contribution in [1.82, 2.24) is 0 Å². The number of nitriles is 1. The highest BCUT2D eigenvalue weighted by atomic mass is 32.1. The summed E-state index contributed by atoms with van der Waals surface area (Å²) in [4.78, 5) is 27.9. The van der Waals surface area contributed by atoms with Crippen LogP contribution in [0.1, 0.15) is 57.1 Å². The number of carbonyl (C=O) groups is 2. The molecule has 248 valence electrons. The molecule has 1 aliphatic heterocycles. The van der Waals surface area contributed by atoms with Crippen molar-refractivity contribution in [2.45, 2.75) is 57.7 Å². The lowest BCUT2D eigenvalue weighted by molar-refractivity contribution is -0.150. The van der Waals surface area contributed by atoms with Gasteiger partial charge in [-0.05, 0) is 106 Å². The molecule has 1 heterocycles. The molecule has 0 bridgehead atoms. The molecular weight excluding hydrogens is 623 g/mol. The van der Waals surface area contributed by atoms with Crippen molar-refractivity contribution < 1.29 is 41.7 Å². The van der Waals surface area contributed by atoms with E-state index in [-0.39, 0.29) is 23.4 Å². The minimum Gasteiger partial charge on any atom is -0.493 e. The van der Waals surface area contributed by atoms with Crippen molar-refractivity contribution >= 4 is 40.6 Å². The lowest BCUT2D eigenvalue weighted by Crippen LogP contribution is -2.44. The Bertz CT molecular complexity index is 1440. The maximum atomic E-state index is 13.6. The molecule has 1 saturated carbocycles. The molecule has 2 aromatic rings. The van der Waals surface area contributed by atoms with E-state index < -0.39 is 28.7 Å². The second-order valence-corrected chi connectivity index (χ2v) is 12.3. The number of hydrogen-bond acceptors (Lipinski definition) is 8. The van der Waals surface area contributed by atoms with Gasteiger partial charge < -0.3 is 23.8 Å². The first kappa shape index (κ1) is 35.1. The fraction of sp³-hybridized carbons (Fsp3) is 0.515. The van der Waals surface area contributed by atoms with E-state index >= 15 is 0 Å². The van der Waals surface area contributed by atoms with E-state index in [4.69, 9.17) is 36.4 Å². The molecular formula is C33H38F3N3O6S. The van der Waals surface area contributed by atoms with E-state index in [9.17, 15) is 22.8 Å². The number of methoxy groups -OCH3 is 1. The van der Waals surface area contributed by atoms with Crippen LogP contribution in [0.2, 0.25) is 0 Å². The second-order valence-electron chi connectivity index (χ2n) is 11.9. The van der Waals surface area contributed by atoms with E-state index in [0.29, 0.717) is 56.1 Å². The molecule has 4 rings (SSSR count). The van der Waals surface area contributed by atoms with Gasteiger partial charge in [0.25, 0.3) is 5.91 Å². The van der Waals surface area contributed by atoms with Crippen LogP contribution in [0.15, 0.2) is 42.5 Å². The van der Waals surface area contributed by atoms with Crippen LogP contribution in [0.5, 0.6) is 5.75 Å². The molecule has 2 fully saturated rings. The number of ether oxygens (including phenoxy) is 4. The number of alkyl halides is 3. The minimum atomic E-state index is -4.77. The highest BCUT2D eigenvalue weighted by Crippen LogP contribution is 2.40. The van der Waals surface area contributed by atoms with Crippen molar-refractivity contribution in [1.29, 1.82) is 5.26 Å². The molecule has 46 heavy (non-hydrogen) atoms. The normalized spacial score (nSPS) is 19.7. The van der Waals surface area contributed by atoms with Crippen LogP contribution in [-0.4, -0.2) is 62.7 Å². The number of hydrogen-bond donors (Lipinski definition) is 0. The summed E-state index contributed by atoms with van der Waals surface area (Å²) in [5, 5.41) is 9.17. The summed E-state index contributed by atoms with van der Waals surface area (Å²) in [6, 6.07) is 11.7. The average Bonchev–Trinajstić information content (AvgIpc) is 3.20. The van der Waals surface area contributed by atoms with Gasteiger partial charge in [-0.15, -0.1) is 0 Å². The molecule has 1 amide bonds. The average molecular weight is 662 g/mol. The summed E-state index contributed by atoms with van der Waals surface area (Å²) in [6.45, 7) is 5.18. The number of halogens is 3. The van der Waals surface area contributed by atoms with Crippen LogP contribution in [0.4, 0.5) is 24.5 Å². The maximum absolute atomic E-state index is 13.6. The van der Waals surface area contributed by atoms with Crippen LogP contribution >= 0.6 is 12.2 Å². The Labute approximate surface area is 272 Å². The first-order chi connectivity index (χ1) is 21.9. The van der Waals surface area contributed by atoms with Crippen molar-refractivity contribution in [3.8, 4) is 11.8 Å². The summed E-state index contributed by atoms with van der Waals surface area (Å²) >= 11 is 5.61. The molecule has 0 atom stereocenters. The number of benzene rings is 2. The fourth-order valence-corrected chi connectivity index (χ4v) is 6.19. The van der Waals surface area contributed by atoms with Crippen LogP contribution in [-0.2, 0) is 30.0 Å². The Morgan fingerprint density at radius 1 is 1.02 bits per heavy atom. The van der Waals surface area contributed by atoms with E-state index in [1.807, 2.05) is 0 Å². The van der Waals surface area contributed by atoms with Crippen molar-refractivity contribution in [3.63, 3.8) is 0 Å². The molecule has 9 nitrogen and oxygen atoms in total. The molecule has 1 aliphatic carbocycles. The van der Waals surface area contributed by atoms with Crippen molar-refractivity contribution in [2.24, 2.45) is 11.8 Å². The van der Waals surface area contributed by atoms with Gasteiger partial charge in [0.2, 0.25) is 0 Å². The third-order valence-electron chi connectivity index (χ3n) is 8.23. The number of anilines is 2. The molecule has 0 N–H and O–H groups in total. The Morgan fingerprint density at radius 2 is 1.65 bits per heavy atom. The molecule has 1 saturated heterocycles. The highest BCUT2D eigenvalue weighted by molar-refractivity contribution is 7.81. The van der Waals surface area contributed by atoms with Gasteiger partial charge in [0, 0.05) is 25.8 Å². The first-order valence-corrected chi connectivity index (χ1v) is 15.5. The van der Waals surface area contributed by atoms with Crippen LogP contribution in [0.3, 0.4) is 0 Å². The predicted molar refractivity (Wildman–Crippen MR) is 168 cm³/mol. The monoisotopic (exact) mass is 661 g/mol. The second kappa shape index (κ2) is 15.2. The summed E-state index contributed by atoms with van der Waals surface area (Å²) in [6.07, 6.45) is -0.204. The third kappa shape index (κ3) is 8.34. The Hall–Kier alpha value is -3.73. The van der Waals surface area contributed by atoms with Crippen LogP contribution in [0.25, 0.3) is 0 Å². The summed E-state index contributed by atoms with van der Waals surface area (Å²) in [5.74, 6) is 0.554. The van der Waals surface area contributed by atoms with E-state index in [1.165, 1.54) is 6.07 Å². The first-order valence-electron chi connectivity index (χ1n) is 15.1. The van der Waals surface area contributed by atoms with E-state index in [1.54, 1.807) is 56.2 Å². The zero-order valence-corrected chi connectivity index (χ0v) is 26.9. The Kier molecular flexibility index (Phi) is 11.6. The molecule has 0 radical (unpaired) electrons. The molecule has 0 spiro atoms. The standard InChI is InChI=1S/C33H38F3N3O6S/c1-32(2)30(41)38(26-10-9-24(18-37)28(17-26)33(34,35)36)31(46)39(32)25-11-13-27(14-12-25)45-20-23-7-5-22(6-8-23)19-43-21-29(40)44-16-4-15-42-3/h9-14,17,22-23H,4-8,15-16,19-21H2,1-3H3. The van der Waals surface area contributed by atoms with Gasteiger partial charge in [-0.3, -0.25) is 9.69 Å². The van der Waals surface area contributed by atoms with Gasteiger partial charge in [-0.1, -0.05) is 0 Å². The number of rotatable bonds is 13. The molecule has 13 heteroatoms. The smallest absolute Gasteiger partial charge is 0.417 e. The number of amides is 1. The summed E-state index contributed by atoms with van der Waals surface area (Å²) in [7, 11) is 1.60. The zero-order valence-electron chi connectivity index (χ0n) is 26.1. The quantitative estimate of drug-likeness (QED) is 0.140. The summed E-state index contributed by atoms with van der Waals surface area (Å²) in [5.41, 5.74) is -2.32. The predicted octanol–water partition coefficient (Wildman–Crippen LogP) is 6.28. The number of esters is 1. The topological polar surface area (TPSA) is 101 Å². The third-order valence-corrected chi connectivity index (χ3v) is 8.60. The van der Waals surface area contributed by atoms with Crippen LogP contribution < -0.4 is 14.5 Å². The fourth-order valence-electron chi connectivity index (χ4n) is 5.67. The van der Waals surface area contributed by atoms with Gasteiger partial charge in [-0.2, -0.15) is 18.4 Å². The summed E-state index contributed by atoms with van der Waals surface area (Å²) < 4.78 is 62.5. The molecule has 0 unspecified atom stereocenters. The lowest BCUT2D eigenvalue weighted by Gasteiger charge is -2.30. The number of thiocarbonyl (C=S) groups is 1. The molecule has 2 aromatic carbocycles. The SMILES string of the molecule is COCCCOC(=O)COCC1CCC(COc2ccc(N3C(=S)N(c4ccc(C#N)c(C(F)(F)F)c4)C(=O)C3(C)C)cc2)CC1. The van der Waals surface area contributed by atoms with E-state index in [0.717, 1.165) is 42.7 Å². The van der Waals surface area contributed by atoms with Gasteiger partial charge >= 0.3 is 12.1 Å². The highest BCUT2D eigenvalue weighted by Gasteiger charge is 2.50. The van der Waals surface area contributed by atoms with E-state index in [2.05, 4.69) is 0 Å². The lowest BCUT2D eigenvalue weighted by atomic mass is 9.83. The largest absolute Gasteiger partial charge is 0.493 e. The maximum Gasteiger partial charge on any atom is 0.417 e. The van der Waals surface area contributed by atoms with Gasteiger partial charge in [0.1, 0.15) is 17.9 Å². The minimum absolute atomic E-state index is 0.0289. The van der Waals surface area contributed by atoms with Gasteiger partial charge in [-0.25, -0.2) is 4.79 Å². The van der Waals surface area contributed by atoms with Crippen molar-refractivity contribution in [3.05, 3.63) is 53.6 Å². The number of nitrogens with zero attached hydrogens (tertiary/aromatic N) is 3. The Morgan fingerprint density at radius 3 is 2.26 bits per heavy atom. The molecule has 2 aliphatic rings. The Balaban J connectivity index is 1.29. The van der Waals surface area contributed by atoms with Crippen LogP contribution in [0, 0.1) is 23.2 Å². The van der Waals surface area contributed by atoms with Crippen molar-refractivity contribution in [2.75, 3.05) is 49.9 Å². The number of carbonyl (C=O) groups excluding carboxylic acids is 2. The van der Waals surface area contributed by atoms with Gasteiger partial charge in [0.15, 0.2) is 5.11 Å². The molecule has 0 aromatic heterocycles. The zero-order chi connectivity index (χ0) is 33.5.